The maximum absolute atomic E-state index is 13.1. The normalized spacial score (nSPS) is 13.3. The predicted octanol–water partition coefficient (Wildman–Crippen LogP) is 5.74. The first-order valence-electron chi connectivity index (χ1n) is 12.1. The van der Waals surface area contributed by atoms with Gasteiger partial charge in [-0.25, -0.2) is 4.79 Å². The van der Waals surface area contributed by atoms with E-state index < -0.39 is 5.97 Å². The zero-order valence-corrected chi connectivity index (χ0v) is 22.2. The molecule has 0 saturated carbocycles. The van der Waals surface area contributed by atoms with E-state index in [2.05, 4.69) is 26.1 Å². The van der Waals surface area contributed by atoms with Crippen molar-refractivity contribution >= 4 is 34.1 Å². The molecule has 0 fully saturated rings. The lowest BCUT2D eigenvalue weighted by Crippen LogP contribution is -2.36. The topological polar surface area (TPSA) is 86.7 Å². The van der Waals surface area contributed by atoms with Crippen molar-refractivity contribution in [1.29, 1.82) is 0 Å². The minimum Gasteiger partial charge on any atom is -0.478 e. The fraction of sp³-hybridized carbons (Fsp3) is 0.345. The molecule has 7 heteroatoms. The van der Waals surface area contributed by atoms with Crippen LogP contribution in [0.3, 0.4) is 0 Å². The number of anilines is 1. The van der Waals surface area contributed by atoms with E-state index in [1.54, 1.807) is 17.0 Å². The Labute approximate surface area is 216 Å². The van der Waals surface area contributed by atoms with Gasteiger partial charge in [-0.05, 0) is 60.1 Å². The maximum Gasteiger partial charge on any atom is 0.339 e. The number of carbonyl (C=O) groups is 3. The highest BCUT2D eigenvalue weighted by Crippen LogP contribution is 2.37. The van der Waals surface area contributed by atoms with Crippen LogP contribution in [0.25, 0.3) is 0 Å². The van der Waals surface area contributed by atoms with Crippen molar-refractivity contribution in [3.05, 3.63) is 86.3 Å². The summed E-state index contributed by atoms with van der Waals surface area (Å²) in [4.78, 5) is 40.7. The number of hydrogen-bond donors (Lipinski definition) is 2. The minimum absolute atomic E-state index is 0.0177. The highest BCUT2D eigenvalue weighted by Gasteiger charge is 2.30. The molecule has 4 rings (SSSR count). The van der Waals surface area contributed by atoms with Crippen LogP contribution in [-0.4, -0.2) is 34.3 Å². The number of fused-ring (bicyclic) bond motifs is 1. The van der Waals surface area contributed by atoms with Gasteiger partial charge in [0.25, 0.3) is 5.91 Å². The van der Waals surface area contributed by atoms with Crippen LogP contribution in [0, 0.1) is 13.8 Å². The molecule has 0 unspecified atom stereocenters. The smallest absolute Gasteiger partial charge is 0.339 e. The van der Waals surface area contributed by atoms with Crippen molar-refractivity contribution in [2.24, 2.45) is 0 Å². The van der Waals surface area contributed by atoms with E-state index in [9.17, 15) is 19.5 Å². The Morgan fingerprint density at radius 2 is 1.75 bits per heavy atom. The lowest BCUT2D eigenvalue weighted by molar-refractivity contribution is -0.131. The first-order valence-corrected chi connectivity index (χ1v) is 12.9. The Kier molecular flexibility index (Phi) is 7.05. The molecule has 0 spiro atoms. The number of carboxylic acid groups (broad SMARTS) is 1. The molecule has 3 aromatic rings. The third-order valence-corrected chi connectivity index (χ3v) is 7.84. The number of amides is 2. The van der Waals surface area contributed by atoms with Gasteiger partial charge in [-0.15, -0.1) is 11.3 Å². The zero-order chi connectivity index (χ0) is 26.2. The van der Waals surface area contributed by atoms with Gasteiger partial charge < -0.3 is 15.3 Å². The average Bonchev–Trinajstić information content (AvgIpc) is 3.18. The summed E-state index contributed by atoms with van der Waals surface area (Å²) in [5, 5.41) is 13.1. The second-order valence-electron chi connectivity index (χ2n) is 10.5. The summed E-state index contributed by atoms with van der Waals surface area (Å²) in [6.07, 6.45) is 0.760. The molecule has 2 amide bonds. The summed E-state index contributed by atoms with van der Waals surface area (Å²) in [7, 11) is 0. The molecule has 188 valence electrons. The van der Waals surface area contributed by atoms with Gasteiger partial charge in [0.1, 0.15) is 5.00 Å². The van der Waals surface area contributed by atoms with Crippen LogP contribution in [0.1, 0.15) is 74.2 Å². The van der Waals surface area contributed by atoms with Gasteiger partial charge in [-0.1, -0.05) is 56.7 Å². The van der Waals surface area contributed by atoms with Gasteiger partial charge >= 0.3 is 5.97 Å². The van der Waals surface area contributed by atoms with Gasteiger partial charge in [0.15, 0.2) is 0 Å². The second kappa shape index (κ2) is 9.90. The van der Waals surface area contributed by atoms with E-state index in [0.717, 1.165) is 27.1 Å². The summed E-state index contributed by atoms with van der Waals surface area (Å²) in [5.74, 6) is -1.40. The van der Waals surface area contributed by atoms with Crippen molar-refractivity contribution in [3.63, 3.8) is 0 Å². The summed E-state index contributed by atoms with van der Waals surface area (Å²) < 4.78 is 0. The number of hydrogen-bond acceptors (Lipinski definition) is 4. The van der Waals surface area contributed by atoms with E-state index in [1.165, 1.54) is 11.3 Å². The van der Waals surface area contributed by atoms with E-state index >= 15 is 0 Å². The Morgan fingerprint density at radius 1 is 1.06 bits per heavy atom. The number of carboxylic acids is 1. The summed E-state index contributed by atoms with van der Waals surface area (Å²) >= 11 is 1.25. The van der Waals surface area contributed by atoms with Crippen molar-refractivity contribution in [1.82, 2.24) is 4.90 Å². The van der Waals surface area contributed by atoms with E-state index in [0.29, 0.717) is 42.1 Å². The van der Waals surface area contributed by atoms with Crippen LogP contribution in [0.2, 0.25) is 0 Å². The molecule has 6 nitrogen and oxygen atoms in total. The molecule has 2 N–H and O–H groups in total. The van der Waals surface area contributed by atoms with Crippen molar-refractivity contribution in [3.8, 4) is 0 Å². The largest absolute Gasteiger partial charge is 0.478 e. The number of carbonyl (C=O) groups excluding carboxylic acids is 2. The quantitative estimate of drug-likeness (QED) is 0.464. The summed E-state index contributed by atoms with van der Waals surface area (Å²) in [6.45, 7) is 11.1. The van der Waals surface area contributed by atoms with Gasteiger partial charge in [0.2, 0.25) is 5.91 Å². The molecular weight excluding hydrogens is 472 g/mol. The van der Waals surface area contributed by atoms with Gasteiger partial charge in [0.05, 0.1) is 18.5 Å². The molecule has 0 atom stereocenters. The summed E-state index contributed by atoms with van der Waals surface area (Å²) in [6, 6.07) is 13.5. The minimum atomic E-state index is -1.07. The molecule has 1 aromatic heterocycles. The highest BCUT2D eigenvalue weighted by atomic mass is 32.1. The van der Waals surface area contributed by atoms with Crippen molar-refractivity contribution in [2.75, 3.05) is 11.9 Å². The van der Waals surface area contributed by atoms with E-state index in [-0.39, 0.29) is 22.8 Å². The fourth-order valence-electron chi connectivity index (χ4n) is 4.49. The van der Waals surface area contributed by atoms with Crippen LogP contribution in [-0.2, 0) is 29.6 Å². The molecule has 0 saturated heterocycles. The Hall–Kier alpha value is -3.45. The first kappa shape index (κ1) is 25.6. The van der Waals surface area contributed by atoms with Crippen LogP contribution in [0.5, 0.6) is 0 Å². The molecule has 0 aliphatic carbocycles. The number of nitrogens with one attached hydrogen (secondary N) is 1. The molecule has 1 aliphatic rings. The third kappa shape index (κ3) is 5.36. The Balaban J connectivity index is 1.53. The lowest BCUT2D eigenvalue weighted by atomic mass is 9.87. The SMILES string of the molecule is Cc1ccc(C)c(CC(=O)N2CCc3c(sc(NC(=O)c4ccc(C(C)(C)C)cc4)c3C(=O)O)C2)c1. The van der Waals surface area contributed by atoms with E-state index in [4.69, 9.17) is 0 Å². The standard InChI is InChI=1S/C29H32N2O4S/c1-17-6-7-18(2)20(14-17)15-24(32)31-13-12-22-23(16-31)36-27(25(22)28(34)35)30-26(33)19-8-10-21(11-9-19)29(3,4)5/h6-11,14H,12-13,15-16H2,1-5H3,(H,30,33)(H,34,35). The number of nitrogens with zero attached hydrogens (tertiary/aromatic N) is 1. The van der Waals surface area contributed by atoms with Crippen LogP contribution < -0.4 is 5.32 Å². The monoisotopic (exact) mass is 504 g/mol. The highest BCUT2D eigenvalue weighted by molar-refractivity contribution is 7.17. The molecule has 0 radical (unpaired) electrons. The van der Waals surface area contributed by atoms with Gasteiger partial charge in [0, 0.05) is 17.0 Å². The van der Waals surface area contributed by atoms with Crippen molar-refractivity contribution in [2.45, 2.75) is 59.4 Å². The van der Waals surface area contributed by atoms with Gasteiger partial charge in [-0.3, -0.25) is 9.59 Å². The number of thiophene rings is 1. The fourth-order valence-corrected chi connectivity index (χ4v) is 5.74. The third-order valence-electron chi connectivity index (χ3n) is 6.71. The van der Waals surface area contributed by atoms with Crippen molar-refractivity contribution < 1.29 is 19.5 Å². The Morgan fingerprint density at radius 3 is 2.39 bits per heavy atom. The number of aryl methyl sites for hydroxylation is 2. The summed E-state index contributed by atoms with van der Waals surface area (Å²) in [5.41, 5.74) is 5.60. The number of benzene rings is 2. The average molecular weight is 505 g/mol. The first-order chi connectivity index (χ1) is 16.9. The zero-order valence-electron chi connectivity index (χ0n) is 21.4. The van der Waals surface area contributed by atoms with Crippen LogP contribution >= 0.6 is 11.3 Å². The molecule has 0 bridgehead atoms. The molecule has 2 aromatic carbocycles. The molecular formula is C29H32N2O4S. The molecule has 36 heavy (non-hydrogen) atoms. The maximum atomic E-state index is 13.1. The Bertz CT molecular complexity index is 1330. The van der Waals surface area contributed by atoms with Gasteiger partial charge in [-0.2, -0.15) is 0 Å². The lowest BCUT2D eigenvalue weighted by Gasteiger charge is -2.27. The predicted molar refractivity (Wildman–Crippen MR) is 143 cm³/mol. The van der Waals surface area contributed by atoms with E-state index in [1.807, 2.05) is 44.2 Å². The van der Waals surface area contributed by atoms with Crippen LogP contribution in [0.15, 0.2) is 42.5 Å². The molecule has 1 aliphatic heterocycles. The number of rotatable bonds is 5. The molecule has 2 heterocycles. The van der Waals surface area contributed by atoms with Crippen LogP contribution in [0.4, 0.5) is 5.00 Å². The number of aromatic carboxylic acids is 1. The second-order valence-corrected chi connectivity index (χ2v) is 11.6.